The summed E-state index contributed by atoms with van der Waals surface area (Å²) in [6.07, 6.45) is 8.13. The largest absolute Gasteiger partial charge is 0.481 e. The predicted octanol–water partition coefficient (Wildman–Crippen LogP) is 3.89. The van der Waals surface area contributed by atoms with Crippen LogP contribution in [-0.4, -0.2) is 37.7 Å². The van der Waals surface area contributed by atoms with E-state index in [-0.39, 0.29) is 5.91 Å². The van der Waals surface area contributed by atoms with E-state index in [1.807, 2.05) is 31.4 Å². The van der Waals surface area contributed by atoms with E-state index in [0.29, 0.717) is 23.3 Å². The Labute approximate surface area is 190 Å². The van der Waals surface area contributed by atoms with Crippen LogP contribution in [0.25, 0.3) is 11.1 Å². The van der Waals surface area contributed by atoms with Crippen LogP contribution in [0.2, 0.25) is 0 Å². The van der Waals surface area contributed by atoms with Crippen LogP contribution in [0.3, 0.4) is 0 Å². The summed E-state index contributed by atoms with van der Waals surface area (Å²) in [6, 6.07) is 10.9. The molecule has 10 heteroatoms. The molecule has 0 atom stereocenters. The second kappa shape index (κ2) is 9.60. The van der Waals surface area contributed by atoms with Crippen molar-refractivity contribution >= 4 is 34.7 Å². The fourth-order valence-corrected chi connectivity index (χ4v) is 3.03. The highest BCUT2D eigenvalue weighted by Crippen LogP contribution is 2.30. The fourth-order valence-electron chi connectivity index (χ4n) is 3.03. The molecule has 3 aromatic heterocycles. The molecule has 0 unspecified atom stereocenters. The van der Waals surface area contributed by atoms with Crippen molar-refractivity contribution in [3.05, 3.63) is 73.8 Å². The number of nitrogens with zero attached hydrogens (tertiary/aromatic N) is 5. The zero-order chi connectivity index (χ0) is 23.2. The maximum Gasteiger partial charge on any atom is 0.247 e. The summed E-state index contributed by atoms with van der Waals surface area (Å²) in [5, 5.41) is 13.4. The quantitative estimate of drug-likeness (QED) is 0.352. The Morgan fingerprint density at radius 1 is 1.06 bits per heavy atom. The summed E-state index contributed by atoms with van der Waals surface area (Å²) in [4.78, 5) is 25.1. The minimum Gasteiger partial charge on any atom is -0.481 e. The average molecular weight is 442 g/mol. The van der Waals surface area contributed by atoms with Crippen LogP contribution in [0.4, 0.5) is 28.8 Å². The average Bonchev–Trinajstić information content (AvgIpc) is 3.24. The lowest BCUT2D eigenvalue weighted by molar-refractivity contribution is -0.111. The van der Waals surface area contributed by atoms with Crippen molar-refractivity contribution in [2.24, 2.45) is 7.05 Å². The van der Waals surface area contributed by atoms with Crippen molar-refractivity contribution in [2.75, 3.05) is 23.1 Å². The molecule has 3 N–H and O–H groups in total. The number of rotatable bonds is 8. The van der Waals surface area contributed by atoms with Crippen molar-refractivity contribution in [1.29, 1.82) is 0 Å². The number of amides is 1. The van der Waals surface area contributed by atoms with Crippen molar-refractivity contribution in [1.82, 2.24) is 24.7 Å². The van der Waals surface area contributed by atoms with E-state index in [1.54, 1.807) is 48.6 Å². The molecule has 3 heterocycles. The van der Waals surface area contributed by atoms with Gasteiger partial charge >= 0.3 is 0 Å². The van der Waals surface area contributed by atoms with Crippen molar-refractivity contribution < 1.29 is 9.53 Å². The van der Waals surface area contributed by atoms with Gasteiger partial charge in [0.05, 0.1) is 19.0 Å². The molecule has 0 aliphatic carbocycles. The fraction of sp³-hybridized carbons (Fsp3) is 0.0870. The number of pyridine rings is 1. The van der Waals surface area contributed by atoms with Crippen LogP contribution in [0.15, 0.2) is 73.8 Å². The van der Waals surface area contributed by atoms with Crippen molar-refractivity contribution in [3.63, 3.8) is 0 Å². The van der Waals surface area contributed by atoms with Crippen LogP contribution in [0.1, 0.15) is 0 Å². The van der Waals surface area contributed by atoms with Gasteiger partial charge in [-0.1, -0.05) is 12.6 Å². The number of aryl methyl sites for hydroxylation is 1. The van der Waals surface area contributed by atoms with E-state index >= 15 is 0 Å². The summed E-state index contributed by atoms with van der Waals surface area (Å²) in [5.74, 6) is 1.17. The molecule has 0 saturated carbocycles. The number of hydrogen-bond acceptors (Lipinski definition) is 8. The Balaban J connectivity index is 1.69. The topological polar surface area (TPSA) is 119 Å². The molecule has 166 valence electrons. The van der Waals surface area contributed by atoms with E-state index in [0.717, 1.165) is 22.5 Å². The highest BCUT2D eigenvalue weighted by molar-refractivity contribution is 5.99. The summed E-state index contributed by atoms with van der Waals surface area (Å²) < 4.78 is 6.84. The molecule has 0 radical (unpaired) electrons. The van der Waals surface area contributed by atoms with Crippen molar-refractivity contribution in [3.8, 4) is 17.0 Å². The smallest absolute Gasteiger partial charge is 0.247 e. The van der Waals surface area contributed by atoms with E-state index in [2.05, 4.69) is 42.6 Å². The predicted molar refractivity (Wildman–Crippen MR) is 127 cm³/mol. The Bertz CT molecular complexity index is 1280. The normalized spacial score (nSPS) is 10.4. The first-order valence-corrected chi connectivity index (χ1v) is 9.97. The van der Waals surface area contributed by atoms with Gasteiger partial charge in [-0.15, -0.1) is 0 Å². The van der Waals surface area contributed by atoms with Gasteiger partial charge in [-0.3, -0.25) is 9.48 Å². The number of methoxy groups -OCH3 is 1. The molecule has 33 heavy (non-hydrogen) atoms. The zero-order valence-corrected chi connectivity index (χ0v) is 18.1. The second-order valence-corrected chi connectivity index (χ2v) is 6.97. The Kier molecular flexibility index (Phi) is 6.26. The first kappa shape index (κ1) is 21.5. The molecule has 0 aliphatic heterocycles. The van der Waals surface area contributed by atoms with E-state index in [1.165, 1.54) is 6.08 Å². The van der Waals surface area contributed by atoms with E-state index in [4.69, 9.17) is 4.74 Å². The van der Waals surface area contributed by atoms with Gasteiger partial charge in [0.15, 0.2) is 0 Å². The van der Waals surface area contributed by atoms with Gasteiger partial charge in [0.1, 0.15) is 5.82 Å². The van der Waals surface area contributed by atoms with Gasteiger partial charge in [-0.05, 0) is 30.3 Å². The van der Waals surface area contributed by atoms with Crippen LogP contribution < -0.4 is 20.7 Å². The van der Waals surface area contributed by atoms with E-state index in [9.17, 15) is 4.79 Å². The summed E-state index contributed by atoms with van der Waals surface area (Å²) >= 11 is 0. The number of hydrogen-bond donors (Lipinski definition) is 3. The number of carbonyl (C=O) groups is 1. The van der Waals surface area contributed by atoms with E-state index < -0.39 is 0 Å². The number of aromatic nitrogens is 5. The number of anilines is 5. The molecule has 0 aliphatic rings. The Morgan fingerprint density at radius 3 is 2.61 bits per heavy atom. The van der Waals surface area contributed by atoms with Crippen molar-refractivity contribution in [2.45, 2.75) is 0 Å². The molecular formula is C23H22N8O2. The van der Waals surface area contributed by atoms with Gasteiger partial charge < -0.3 is 20.7 Å². The lowest BCUT2D eigenvalue weighted by atomic mass is 10.1. The molecule has 0 fully saturated rings. The third-order valence-electron chi connectivity index (χ3n) is 4.58. The van der Waals surface area contributed by atoms with Crippen LogP contribution >= 0.6 is 0 Å². The lowest BCUT2D eigenvalue weighted by Gasteiger charge is -2.14. The molecule has 1 amide bonds. The van der Waals surface area contributed by atoms with Crippen LogP contribution in [-0.2, 0) is 11.8 Å². The summed E-state index contributed by atoms with van der Waals surface area (Å²) in [6.45, 7) is 3.48. The highest BCUT2D eigenvalue weighted by Gasteiger charge is 2.12. The second-order valence-electron chi connectivity index (χ2n) is 6.97. The van der Waals surface area contributed by atoms with Gasteiger partial charge in [0.25, 0.3) is 0 Å². The molecule has 0 bridgehead atoms. The molecule has 1 aromatic carbocycles. The van der Waals surface area contributed by atoms with Gasteiger partial charge in [0, 0.05) is 54.2 Å². The Hall–Kier alpha value is -4.73. The first-order valence-electron chi connectivity index (χ1n) is 9.97. The highest BCUT2D eigenvalue weighted by atomic mass is 16.5. The minimum atomic E-state index is -0.290. The first-order chi connectivity index (χ1) is 16.0. The zero-order valence-electron chi connectivity index (χ0n) is 18.1. The van der Waals surface area contributed by atoms with Gasteiger partial charge in [-0.2, -0.15) is 10.1 Å². The molecule has 4 aromatic rings. The molecule has 0 saturated heterocycles. The monoisotopic (exact) mass is 442 g/mol. The third-order valence-corrected chi connectivity index (χ3v) is 4.58. The summed E-state index contributed by atoms with van der Waals surface area (Å²) in [7, 11) is 3.39. The lowest BCUT2D eigenvalue weighted by Crippen LogP contribution is -2.07. The third kappa shape index (κ3) is 5.31. The number of nitrogens with one attached hydrogen (secondary N) is 3. The molecule has 0 spiro atoms. The van der Waals surface area contributed by atoms with Crippen LogP contribution in [0, 0.1) is 0 Å². The SMILES string of the molecule is C=CC(=O)Nc1cccc(Nc2nc(Nc3cnn(C)c3)ncc2-c2ccc(OC)nc2)c1. The minimum absolute atomic E-state index is 0.290. The molecule has 4 rings (SSSR count). The maximum absolute atomic E-state index is 11.7. The Morgan fingerprint density at radius 2 is 1.91 bits per heavy atom. The summed E-state index contributed by atoms with van der Waals surface area (Å²) in [5.41, 5.74) is 3.66. The van der Waals surface area contributed by atoms with Gasteiger partial charge in [0.2, 0.25) is 17.7 Å². The number of carbonyl (C=O) groups excluding carboxylic acids is 1. The number of benzene rings is 1. The van der Waals surface area contributed by atoms with Crippen LogP contribution in [0.5, 0.6) is 5.88 Å². The number of ether oxygens (including phenoxy) is 1. The maximum atomic E-state index is 11.7. The molecule has 10 nitrogen and oxygen atoms in total. The molecular weight excluding hydrogens is 420 g/mol. The van der Waals surface area contributed by atoms with Gasteiger partial charge in [-0.25, -0.2) is 9.97 Å². The standard InChI is InChI=1S/C23H22N8O2/c1-4-20(32)27-16-6-5-7-17(10-16)28-22-19(15-8-9-21(33-3)24-11-15)13-25-23(30-22)29-18-12-26-31(2)14-18/h4-14H,1H2,2-3H3,(H,27,32)(H2,25,28,29,30).